The number of carbonyl (C=O) groups excluding carboxylic acids is 2. The Labute approximate surface area is 118 Å². The summed E-state index contributed by atoms with van der Waals surface area (Å²) >= 11 is 0. The summed E-state index contributed by atoms with van der Waals surface area (Å²) in [5, 5.41) is 0. The molecule has 20 heavy (non-hydrogen) atoms. The molecule has 0 saturated carbocycles. The summed E-state index contributed by atoms with van der Waals surface area (Å²) in [6.07, 6.45) is 0. The van der Waals surface area contributed by atoms with Crippen molar-refractivity contribution in [3.8, 4) is 0 Å². The summed E-state index contributed by atoms with van der Waals surface area (Å²) in [5.41, 5.74) is 13.2. The molecule has 0 aliphatic heterocycles. The van der Waals surface area contributed by atoms with Gasteiger partial charge in [0.1, 0.15) is 0 Å². The summed E-state index contributed by atoms with van der Waals surface area (Å²) in [5.74, 6) is -1.14. The number of aryl methyl sites for hydroxylation is 2. The molecule has 2 aromatic carbocycles. The Bertz CT molecular complexity index is 554. The third-order valence-corrected chi connectivity index (χ3v) is 2.65. The van der Waals surface area contributed by atoms with Crippen LogP contribution in [0, 0.1) is 13.8 Å². The number of nitrogens with two attached hydrogens (primary N) is 2. The molecule has 0 atom stereocenters. The minimum atomic E-state index is -0.571. The van der Waals surface area contributed by atoms with Crippen LogP contribution >= 0.6 is 0 Å². The van der Waals surface area contributed by atoms with E-state index in [-0.39, 0.29) is 11.1 Å². The predicted molar refractivity (Wildman–Crippen MR) is 79.4 cm³/mol. The van der Waals surface area contributed by atoms with E-state index < -0.39 is 11.8 Å². The van der Waals surface area contributed by atoms with Crippen LogP contribution in [-0.2, 0) is 0 Å². The highest BCUT2D eigenvalue weighted by Gasteiger charge is 2.03. The maximum absolute atomic E-state index is 10.6. The summed E-state index contributed by atoms with van der Waals surface area (Å²) in [7, 11) is 0. The smallest absolute Gasteiger partial charge is 0.248 e. The van der Waals surface area contributed by atoms with E-state index >= 15 is 0 Å². The fourth-order valence-corrected chi connectivity index (χ4v) is 1.46. The third-order valence-electron chi connectivity index (χ3n) is 2.65. The molecule has 4 N–H and O–H groups in total. The molecular weight excluding hydrogens is 252 g/mol. The quantitative estimate of drug-likeness (QED) is 0.876. The first-order valence-corrected chi connectivity index (χ1v) is 6.13. The van der Waals surface area contributed by atoms with Crippen LogP contribution in [0.5, 0.6) is 0 Å². The van der Waals surface area contributed by atoms with E-state index in [4.69, 9.17) is 11.5 Å². The highest BCUT2D eigenvalue weighted by atomic mass is 16.1. The number of primary amides is 2. The molecule has 4 heteroatoms. The number of rotatable bonds is 2. The van der Waals surface area contributed by atoms with Gasteiger partial charge in [-0.3, -0.25) is 9.59 Å². The van der Waals surface area contributed by atoms with E-state index in [1.54, 1.807) is 6.07 Å². The molecule has 0 saturated heterocycles. The Morgan fingerprint density at radius 2 is 1.10 bits per heavy atom. The van der Waals surface area contributed by atoms with E-state index in [1.807, 2.05) is 0 Å². The van der Waals surface area contributed by atoms with Crippen LogP contribution in [0.3, 0.4) is 0 Å². The first kappa shape index (κ1) is 15.4. The first-order valence-electron chi connectivity index (χ1n) is 6.13. The molecular formula is C16H18N2O2. The van der Waals surface area contributed by atoms with Gasteiger partial charge >= 0.3 is 0 Å². The van der Waals surface area contributed by atoms with Crippen LogP contribution in [0.15, 0.2) is 48.5 Å². The first-order chi connectivity index (χ1) is 9.40. The van der Waals surface area contributed by atoms with E-state index in [0.717, 1.165) is 0 Å². The molecule has 104 valence electrons. The zero-order valence-corrected chi connectivity index (χ0v) is 11.6. The topological polar surface area (TPSA) is 86.2 Å². The second-order valence-corrected chi connectivity index (χ2v) is 4.46. The Hall–Kier alpha value is -2.62. The highest BCUT2D eigenvalue weighted by Crippen LogP contribution is 2.03. The lowest BCUT2D eigenvalue weighted by molar-refractivity contribution is 0.0999. The molecule has 2 amide bonds. The lowest BCUT2D eigenvalue weighted by Crippen LogP contribution is -2.14. The monoisotopic (exact) mass is 270 g/mol. The Morgan fingerprint density at radius 3 is 1.40 bits per heavy atom. The van der Waals surface area contributed by atoms with E-state index in [2.05, 4.69) is 38.1 Å². The van der Waals surface area contributed by atoms with Crippen molar-refractivity contribution in [3.05, 3.63) is 70.8 Å². The van der Waals surface area contributed by atoms with Gasteiger partial charge in [-0.25, -0.2) is 0 Å². The van der Waals surface area contributed by atoms with E-state index in [9.17, 15) is 9.59 Å². The van der Waals surface area contributed by atoms with E-state index in [1.165, 1.54) is 29.3 Å². The molecule has 0 heterocycles. The Balaban J connectivity index is 0.000000217. The zero-order chi connectivity index (χ0) is 15.1. The minimum Gasteiger partial charge on any atom is -0.366 e. The van der Waals surface area contributed by atoms with Crippen molar-refractivity contribution in [1.29, 1.82) is 0 Å². The molecule has 4 nitrogen and oxygen atoms in total. The molecule has 0 spiro atoms. The zero-order valence-electron chi connectivity index (χ0n) is 11.6. The van der Waals surface area contributed by atoms with Crippen LogP contribution in [0.2, 0.25) is 0 Å². The molecule has 0 aliphatic carbocycles. The van der Waals surface area contributed by atoms with Crippen LogP contribution in [0.25, 0.3) is 0 Å². The Kier molecular flexibility index (Phi) is 5.47. The van der Waals surface area contributed by atoms with Crippen LogP contribution in [0.4, 0.5) is 0 Å². The molecule has 0 bridgehead atoms. The van der Waals surface area contributed by atoms with Crippen molar-refractivity contribution in [3.63, 3.8) is 0 Å². The average Bonchev–Trinajstić information content (AvgIpc) is 2.43. The number of benzene rings is 2. The van der Waals surface area contributed by atoms with Gasteiger partial charge in [-0.2, -0.15) is 0 Å². The van der Waals surface area contributed by atoms with Gasteiger partial charge in [0.25, 0.3) is 0 Å². The fraction of sp³-hybridized carbons (Fsp3) is 0.125. The molecule has 0 fully saturated rings. The van der Waals surface area contributed by atoms with Gasteiger partial charge < -0.3 is 11.5 Å². The summed E-state index contributed by atoms with van der Waals surface area (Å²) in [6.45, 7) is 4.19. The van der Waals surface area contributed by atoms with Crippen molar-refractivity contribution in [2.75, 3.05) is 0 Å². The normalized spacial score (nSPS) is 9.30. The summed E-state index contributed by atoms with van der Waals surface area (Å²) < 4.78 is 0. The maximum Gasteiger partial charge on any atom is 0.248 e. The standard InChI is InChI=1S/C8H8N2O2.C8H10/c9-7(11)5-2-1-3-6(4-5)8(10)12;1-7-3-5-8(2)6-4-7/h1-4H,(H2,9,11)(H2,10,12);3-6H,1-2H3. The second-order valence-electron chi connectivity index (χ2n) is 4.46. The number of carbonyl (C=O) groups is 2. The minimum absolute atomic E-state index is 0.284. The molecule has 0 unspecified atom stereocenters. The Morgan fingerprint density at radius 1 is 0.750 bits per heavy atom. The second kappa shape index (κ2) is 7.09. The molecule has 2 aromatic rings. The van der Waals surface area contributed by atoms with Gasteiger partial charge in [0, 0.05) is 11.1 Å². The largest absolute Gasteiger partial charge is 0.366 e. The summed E-state index contributed by atoms with van der Waals surface area (Å²) in [6, 6.07) is 14.4. The summed E-state index contributed by atoms with van der Waals surface area (Å²) in [4.78, 5) is 21.3. The fourth-order valence-electron chi connectivity index (χ4n) is 1.46. The molecule has 0 aromatic heterocycles. The molecule has 0 aliphatic rings. The van der Waals surface area contributed by atoms with Gasteiger partial charge in [-0.1, -0.05) is 41.5 Å². The van der Waals surface area contributed by atoms with Crippen LogP contribution in [0.1, 0.15) is 31.8 Å². The predicted octanol–water partition coefficient (Wildman–Crippen LogP) is 2.19. The number of amides is 2. The van der Waals surface area contributed by atoms with Crippen LogP contribution < -0.4 is 11.5 Å². The van der Waals surface area contributed by atoms with Gasteiger partial charge in [0.2, 0.25) is 11.8 Å². The maximum atomic E-state index is 10.6. The van der Waals surface area contributed by atoms with Crippen molar-refractivity contribution in [2.45, 2.75) is 13.8 Å². The number of hydrogen-bond acceptors (Lipinski definition) is 2. The van der Waals surface area contributed by atoms with Gasteiger partial charge in [-0.15, -0.1) is 0 Å². The van der Waals surface area contributed by atoms with Gasteiger partial charge in [0.05, 0.1) is 0 Å². The van der Waals surface area contributed by atoms with Crippen molar-refractivity contribution < 1.29 is 9.59 Å². The highest BCUT2D eigenvalue weighted by molar-refractivity contribution is 5.98. The lowest BCUT2D eigenvalue weighted by atomic mass is 10.1. The van der Waals surface area contributed by atoms with Gasteiger partial charge in [-0.05, 0) is 32.0 Å². The number of hydrogen-bond donors (Lipinski definition) is 2. The van der Waals surface area contributed by atoms with Gasteiger partial charge in [0.15, 0.2) is 0 Å². The van der Waals surface area contributed by atoms with Crippen molar-refractivity contribution in [1.82, 2.24) is 0 Å². The SMILES string of the molecule is Cc1ccc(C)cc1.NC(=O)c1cccc(C(N)=O)c1. The lowest BCUT2D eigenvalue weighted by Gasteiger charge is -1.97. The average molecular weight is 270 g/mol. The molecule has 2 rings (SSSR count). The van der Waals surface area contributed by atoms with E-state index in [0.29, 0.717) is 0 Å². The van der Waals surface area contributed by atoms with Crippen molar-refractivity contribution >= 4 is 11.8 Å². The third kappa shape index (κ3) is 4.94. The van der Waals surface area contributed by atoms with Crippen molar-refractivity contribution in [2.24, 2.45) is 11.5 Å². The molecule has 0 radical (unpaired) electrons. The van der Waals surface area contributed by atoms with Crippen LogP contribution in [-0.4, -0.2) is 11.8 Å².